The van der Waals surface area contributed by atoms with Gasteiger partial charge in [0.15, 0.2) is 0 Å². The smallest absolute Gasteiger partial charge is 0.326 e. The van der Waals surface area contributed by atoms with Crippen molar-refractivity contribution in [1.29, 1.82) is 0 Å². The second-order valence-corrected chi connectivity index (χ2v) is 7.98. The highest BCUT2D eigenvalue weighted by molar-refractivity contribution is 7.98. The Balaban J connectivity index is 4.82. The van der Waals surface area contributed by atoms with Crippen molar-refractivity contribution >= 4 is 53.2 Å². The van der Waals surface area contributed by atoms with Gasteiger partial charge in [0, 0.05) is 0 Å². The summed E-state index contributed by atoms with van der Waals surface area (Å²) >= 11 is 2.91. The first-order valence-corrected chi connectivity index (χ1v) is 11.5. The molecule has 0 heterocycles. The molecule has 11 nitrogen and oxygen atoms in total. The molecular weight excluding hydrogens is 424 g/mol. The van der Waals surface area contributed by atoms with Crippen LogP contribution in [0.3, 0.4) is 0 Å². The second kappa shape index (κ2) is 14.9. The number of rotatable bonds is 15. The van der Waals surface area contributed by atoms with Gasteiger partial charge in [0.25, 0.3) is 0 Å². The summed E-state index contributed by atoms with van der Waals surface area (Å²) in [7, 11) is 0. The third kappa shape index (κ3) is 12.2. The molecule has 0 saturated carbocycles. The molecule has 0 bridgehead atoms. The van der Waals surface area contributed by atoms with Gasteiger partial charge in [-0.3, -0.25) is 19.2 Å². The van der Waals surface area contributed by atoms with E-state index < -0.39 is 60.8 Å². The van der Waals surface area contributed by atoms with Crippen molar-refractivity contribution in [3.63, 3.8) is 0 Å². The number of hydrogen-bond acceptors (Lipinski definition) is 8. The molecule has 29 heavy (non-hydrogen) atoms. The Morgan fingerprint density at radius 3 is 2.00 bits per heavy atom. The van der Waals surface area contributed by atoms with Gasteiger partial charge in [-0.2, -0.15) is 23.5 Å². The van der Waals surface area contributed by atoms with Crippen LogP contribution in [0.25, 0.3) is 0 Å². The van der Waals surface area contributed by atoms with E-state index >= 15 is 0 Å². The first-order valence-electron chi connectivity index (χ1n) is 8.67. The fourth-order valence-electron chi connectivity index (χ4n) is 2.07. The molecule has 0 saturated heterocycles. The van der Waals surface area contributed by atoms with E-state index in [4.69, 9.17) is 15.9 Å². The Kier molecular flexibility index (Phi) is 13.9. The lowest BCUT2D eigenvalue weighted by molar-refractivity contribution is -0.143. The molecule has 0 aliphatic rings. The Morgan fingerprint density at radius 2 is 1.48 bits per heavy atom. The molecule has 7 N–H and O–H groups in total. The van der Waals surface area contributed by atoms with Gasteiger partial charge in [0.2, 0.25) is 17.7 Å². The summed E-state index contributed by atoms with van der Waals surface area (Å²) < 4.78 is 0. The average Bonchev–Trinajstić information content (AvgIpc) is 2.65. The van der Waals surface area contributed by atoms with Crippen LogP contribution in [0.15, 0.2) is 0 Å². The van der Waals surface area contributed by atoms with E-state index in [0.29, 0.717) is 17.9 Å². The van der Waals surface area contributed by atoms with Crippen molar-refractivity contribution in [3.8, 4) is 0 Å². The van der Waals surface area contributed by atoms with Crippen LogP contribution in [-0.4, -0.2) is 88.6 Å². The van der Waals surface area contributed by atoms with E-state index in [2.05, 4.69) is 16.0 Å². The number of carboxylic acid groups (broad SMARTS) is 2. The molecule has 0 radical (unpaired) electrons. The zero-order valence-electron chi connectivity index (χ0n) is 16.3. The maximum Gasteiger partial charge on any atom is 0.326 e. The quantitative estimate of drug-likeness (QED) is 0.170. The number of carboxylic acids is 2. The number of carbonyl (C=O) groups is 5. The molecule has 0 rings (SSSR count). The summed E-state index contributed by atoms with van der Waals surface area (Å²) in [6, 6.07) is -3.49. The third-order valence-electron chi connectivity index (χ3n) is 3.65. The second-order valence-electron chi connectivity index (χ2n) is 6.00. The monoisotopic (exact) mass is 452 g/mol. The van der Waals surface area contributed by atoms with Crippen LogP contribution < -0.4 is 21.7 Å². The zero-order valence-corrected chi connectivity index (χ0v) is 17.9. The molecule has 0 aromatic carbocycles. The lowest BCUT2D eigenvalue weighted by Gasteiger charge is -2.20. The van der Waals surface area contributed by atoms with Crippen LogP contribution in [0.5, 0.6) is 0 Å². The normalized spacial score (nSPS) is 13.6. The van der Waals surface area contributed by atoms with Crippen molar-refractivity contribution in [2.75, 3.05) is 30.6 Å². The van der Waals surface area contributed by atoms with E-state index in [9.17, 15) is 24.0 Å². The molecule has 0 spiro atoms. The predicted octanol–water partition coefficient (Wildman–Crippen LogP) is -1.53. The largest absolute Gasteiger partial charge is 0.481 e. The summed E-state index contributed by atoms with van der Waals surface area (Å²) in [5.41, 5.74) is 5.67. The molecule has 0 aromatic heterocycles. The summed E-state index contributed by atoms with van der Waals surface area (Å²) in [4.78, 5) is 58.3. The van der Waals surface area contributed by atoms with E-state index in [1.165, 1.54) is 23.5 Å². The average molecular weight is 453 g/mol. The van der Waals surface area contributed by atoms with E-state index in [-0.39, 0.29) is 6.42 Å². The molecule has 0 aromatic rings. The molecule has 3 unspecified atom stereocenters. The fraction of sp³-hybridized carbons (Fsp3) is 0.688. The van der Waals surface area contributed by atoms with Gasteiger partial charge in [-0.25, -0.2) is 4.79 Å². The number of amides is 3. The SMILES string of the molecule is CSCCC(N)C(=O)NCC(=O)NC(CC(=O)O)C(=O)NC(CCSC)C(=O)O. The summed E-state index contributed by atoms with van der Waals surface area (Å²) in [5.74, 6) is -3.76. The summed E-state index contributed by atoms with van der Waals surface area (Å²) in [6.07, 6.45) is 3.45. The highest BCUT2D eigenvalue weighted by Gasteiger charge is 2.28. The standard InChI is InChI=1S/C16H28N4O7S2/c1-28-5-3-9(17)14(24)18-8-12(21)19-11(7-13(22)23)15(25)20-10(16(26)27)4-6-29-2/h9-11H,3-8,17H2,1-2H3,(H,18,24)(H,19,21)(H,20,25)(H,22,23)(H,26,27). The lowest BCUT2D eigenvalue weighted by atomic mass is 10.1. The first-order chi connectivity index (χ1) is 13.6. The summed E-state index contributed by atoms with van der Waals surface area (Å²) in [5, 5.41) is 24.9. The molecule has 0 aliphatic carbocycles. The van der Waals surface area contributed by atoms with Crippen molar-refractivity contribution in [2.24, 2.45) is 5.73 Å². The number of thioether (sulfide) groups is 2. The molecule has 13 heteroatoms. The number of aliphatic carboxylic acids is 2. The minimum absolute atomic E-state index is 0.139. The van der Waals surface area contributed by atoms with Crippen LogP contribution in [0.2, 0.25) is 0 Å². The highest BCUT2D eigenvalue weighted by Crippen LogP contribution is 2.03. The Hall–Kier alpha value is -1.99. The third-order valence-corrected chi connectivity index (χ3v) is 4.94. The molecule has 0 aliphatic heterocycles. The van der Waals surface area contributed by atoms with E-state index in [1.54, 1.807) is 6.26 Å². The van der Waals surface area contributed by atoms with Gasteiger partial charge in [-0.1, -0.05) is 0 Å². The van der Waals surface area contributed by atoms with Gasteiger partial charge in [-0.15, -0.1) is 0 Å². The zero-order chi connectivity index (χ0) is 22.4. The molecule has 3 amide bonds. The topological polar surface area (TPSA) is 188 Å². The lowest BCUT2D eigenvalue weighted by Crippen LogP contribution is -2.54. The van der Waals surface area contributed by atoms with Crippen LogP contribution in [0.1, 0.15) is 19.3 Å². The fourth-order valence-corrected chi connectivity index (χ4v) is 3.03. The van der Waals surface area contributed by atoms with Crippen molar-refractivity contribution < 1.29 is 34.2 Å². The van der Waals surface area contributed by atoms with Crippen molar-refractivity contribution in [1.82, 2.24) is 16.0 Å². The maximum atomic E-state index is 12.3. The van der Waals surface area contributed by atoms with Gasteiger partial charge in [0.05, 0.1) is 19.0 Å². The van der Waals surface area contributed by atoms with Gasteiger partial charge >= 0.3 is 11.9 Å². The molecule has 166 valence electrons. The van der Waals surface area contributed by atoms with E-state index in [1.807, 2.05) is 6.26 Å². The molecule has 3 atom stereocenters. The number of nitrogens with two attached hydrogens (primary N) is 1. The maximum absolute atomic E-state index is 12.3. The van der Waals surface area contributed by atoms with Crippen LogP contribution in [0.4, 0.5) is 0 Å². The van der Waals surface area contributed by atoms with Crippen LogP contribution in [0, 0.1) is 0 Å². The number of carbonyl (C=O) groups excluding carboxylic acids is 3. The number of nitrogens with one attached hydrogen (secondary N) is 3. The summed E-state index contributed by atoms with van der Waals surface area (Å²) in [6.45, 7) is -0.496. The highest BCUT2D eigenvalue weighted by atomic mass is 32.2. The Bertz CT molecular complexity index is 592. The molecule has 0 fully saturated rings. The minimum Gasteiger partial charge on any atom is -0.481 e. The van der Waals surface area contributed by atoms with Crippen LogP contribution >= 0.6 is 23.5 Å². The van der Waals surface area contributed by atoms with Gasteiger partial charge < -0.3 is 31.9 Å². The van der Waals surface area contributed by atoms with Crippen molar-refractivity contribution in [3.05, 3.63) is 0 Å². The van der Waals surface area contributed by atoms with Crippen LogP contribution in [-0.2, 0) is 24.0 Å². The molecular formula is C16H28N4O7S2. The Labute approximate surface area is 177 Å². The van der Waals surface area contributed by atoms with Gasteiger partial charge in [0.1, 0.15) is 12.1 Å². The minimum atomic E-state index is -1.49. The number of hydrogen-bond donors (Lipinski definition) is 6. The van der Waals surface area contributed by atoms with Crippen molar-refractivity contribution in [2.45, 2.75) is 37.4 Å². The van der Waals surface area contributed by atoms with Gasteiger partial charge in [-0.05, 0) is 36.9 Å². The predicted molar refractivity (Wildman–Crippen MR) is 111 cm³/mol. The first kappa shape index (κ1) is 27.0. The van der Waals surface area contributed by atoms with E-state index in [0.717, 1.165) is 0 Å². The Morgan fingerprint density at radius 1 is 0.897 bits per heavy atom.